The van der Waals surface area contributed by atoms with Crippen LogP contribution >= 0.6 is 11.6 Å². The minimum atomic E-state index is -3.99. The van der Waals surface area contributed by atoms with E-state index in [1.807, 2.05) is 0 Å². The summed E-state index contributed by atoms with van der Waals surface area (Å²) in [7, 11) is -0.929. The van der Waals surface area contributed by atoms with Gasteiger partial charge in [0.15, 0.2) is 0 Å². The fraction of sp³-hybridized carbons (Fsp3) is 0.208. The van der Waals surface area contributed by atoms with Crippen LogP contribution in [-0.2, 0) is 21.4 Å². The highest BCUT2D eigenvalue weighted by Gasteiger charge is 2.19. The van der Waals surface area contributed by atoms with Crippen LogP contribution < -0.4 is 8.92 Å². The molecule has 0 aliphatic rings. The number of carbonyl (C=O) groups excluding carboxylic acids is 1. The van der Waals surface area contributed by atoms with Gasteiger partial charge in [0.1, 0.15) is 16.4 Å². The number of rotatable bonds is 10. The average molecular weight is 490 g/mol. The minimum Gasteiger partial charge on any atom is -0.497 e. The lowest BCUT2D eigenvalue weighted by Gasteiger charge is -2.23. The quantitative estimate of drug-likeness (QED) is 0.392. The second kappa shape index (κ2) is 11.2. The number of methoxy groups -OCH3 is 2. The molecular formula is C24H24ClNO6S. The molecule has 0 saturated heterocycles. The van der Waals surface area contributed by atoms with Crippen molar-refractivity contribution in [1.29, 1.82) is 0 Å². The van der Waals surface area contributed by atoms with E-state index in [-0.39, 0.29) is 16.6 Å². The standard InChI is InChI=1S/C24H24ClNO6S/c1-30-16-15-26(24(27)22-5-3-4-6-23(22)25)17-18-7-9-20(10-8-18)32-33(28,29)21-13-11-19(31-2)12-14-21/h3-14H,15-17H2,1-2H3. The van der Waals surface area contributed by atoms with Gasteiger partial charge in [-0.25, -0.2) is 0 Å². The largest absolute Gasteiger partial charge is 0.497 e. The number of ether oxygens (including phenoxy) is 2. The van der Waals surface area contributed by atoms with E-state index in [1.165, 1.54) is 19.2 Å². The van der Waals surface area contributed by atoms with Crippen molar-refractivity contribution < 1.29 is 26.9 Å². The lowest BCUT2D eigenvalue weighted by Crippen LogP contribution is -2.33. The van der Waals surface area contributed by atoms with Gasteiger partial charge in [-0.2, -0.15) is 8.42 Å². The van der Waals surface area contributed by atoms with E-state index < -0.39 is 10.1 Å². The molecule has 0 spiro atoms. The normalized spacial score (nSPS) is 11.1. The zero-order valence-corrected chi connectivity index (χ0v) is 19.8. The van der Waals surface area contributed by atoms with Crippen LogP contribution in [0.5, 0.6) is 11.5 Å². The van der Waals surface area contributed by atoms with E-state index in [9.17, 15) is 13.2 Å². The van der Waals surface area contributed by atoms with Crippen LogP contribution in [-0.4, -0.2) is 46.6 Å². The summed E-state index contributed by atoms with van der Waals surface area (Å²) in [6.07, 6.45) is 0. The highest BCUT2D eigenvalue weighted by molar-refractivity contribution is 7.87. The van der Waals surface area contributed by atoms with Crippen LogP contribution in [0, 0.1) is 0 Å². The van der Waals surface area contributed by atoms with Crippen molar-refractivity contribution in [2.45, 2.75) is 11.4 Å². The maximum atomic E-state index is 13.0. The lowest BCUT2D eigenvalue weighted by atomic mass is 10.1. The third kappa shape index (κ3) is 6.47. The molecule has 0 radical (unpaired) electrons. The van der Waals surface area contributed by atoms with Crippen LogP contribution in [0.4, 0.5) is 0 Å². The average Bonchev–Trinajstić information content (AvgIpc) is 2.82. The predicted octanol–water partition coefficient (Wildman–Crippen LogP) is 4.41. The second-order valence-corrected chi connectivity index (χ2v) is 9.01. The lowest BCUT2D eigenvalue weighted by molar-refractivity contribution is 0.0680. The number of hydrogen-bond donors (Lipinski definition) is 0. The van der Waals surface area contributed by atoms with Crippen LogP contribution in [0.25, 0.3) is 0 Å². The summed E-state index contributed by atoms with van der Waals surface area (Å²) >= 11 is 6.19. The summed E-state index contributed by atoms with van der Waals surface area (Å²) in [6, 6.07) is 19.3. The molecule has 0 aliphatic carbocycles. The zero-order chi connectivity index (χ0) is 23.8. The Morgan fingerprint density at radius 3 is 2.15 bits per heavy atom. The highest BCUT2D eigenvalue weighted by atomic mass is 35.5. The van der Waals surface area contributed by atoms with Gasteiger partial charge in [-0.05, 0) is 54.1 Å². The Hall–Kier alpha value is -3.07. The number of benzene rings is 3. The number of nitrogens with zero attached hydrogens (tertiary/aromatic N) is 1. The molecule has 1 amide bonds. The van der Waals surface area contributed by atoms with E-state index in [4.69, 9.17) is 25.3 Å². The van der Waals surface area contributed by atoms with Crippen molar-refractivity contribution in [2.75, 3.05) is 27.4 Å². The molecule has 0 saturated carbocycles. The summed E-state index contributed by atoms with van der Waals surface area (Å²) in [5.74, 6) is 0.484. The van der Waals surface area contributed by atoms with E-state index in [1.54, 1.807) is 72.7 Å². The smallest absolute Gasteiger partial charge is 0.339 e. The molecule has 33 heavy (non-hydrogen) atoms. The van der Waals surface area contributed by atoms with Gasteiger partial charge in [-0.3, -0.25) is 4.79 Å². The first kappa shape index (κ1) is 24.6. The summed E-state index contributed by atoms with van der Waals surface area (Å²) in [5, 5.41) is 0.373. The Morgan fingerprint density at radius 1 is 0.909 bits per heavy atom. The maximum absolute atomic E-state index is 13.0. The first-order valence-electron chi connectivity index (χ1n) is 10.0. The van der Waals surface area contributed by atoms with Crippen molar-refractivity contribution in [1.82, 2.24) is 4.90 Å². The van der Waals surface area contributed by atoms with Gasteiger partial charge in [-0.1, -0.05) is 35.9 Å². The van der Waals surface area contributed by atoms with Crippen LogP contribution in [0.1, 0.15) is 15.9 Å². The summed E-state index contributed by atoms with van der Waals surface area (Å²) in [6.45, 7) is 1.01. The molecule has 0 aromatic heterocycles. The van der Waals surface area contributed by atoms with Gasteiger partial charge in [0.25, 0.3) is 5.91 Å². The number of carbonyl (C=O) groups is 1. The van der Waals surface area contributed by atoms with E-state index in [2.05, 4.69) is 0 Å². The van der Waals surface area contributed by atoms with Gasteiger partial charge in [0.05, 0.1) is 24.3 Å². The van der Waals surface area contributed by atoms with Gasteiger partial charge >= 0.3 is 10.1 Å². The molecular weight excluding hydrogens is 466 g/mol. The third-order valence-corrected chi connectivity index (χ3v) is 6.40. The molecule has 0 atom stereocenters. The first-order chi connectivity index (χ1) is 15.8. The van der Waals surface area contributed by atoms with E-state index in [0.717, 1.165) is 5.56 Å². The monoisotopic (exact) mass is 489 g/mol. The van der Waals surface area contributed by atoms with Crippen molar-refractivity contribution in [3.05, 3.63) is 88.9 Å². The fourth-order valence-electron chi connectivity index (χ4n) is 3.05. The molecule has 0 bridgehead atoms. The molecule has 0 aliphatic heterocycles. The molecule has 9 heteroatoms. The van der Waals surface area contributed by atoms with Gasteiger partial charge in [0.2, 0.25) is 0 Å². The molecule has 3 aromatic carbocycles. The Morgan fingerprint density at radius 2 is 1.55 bits per heavy atom. The third-order valence-electron chi connectivity index (χ3n) is 4.81. The maximum Gasteiger partial charge on any atom is 0.339 e. The molecule has 0 heterocycles. The second-order valence-electron chi connectivity index (χ2n) is 7.06. The molecule has 0 fully saturated rings. The van der Waals surface area contributed by atoms with Crippen LogP contribution in [0.3, 0.4) is 0 Å². The van der Waals surface area contributed by atoms with Crippen molar-refractivity contribution >= 4 is 27.6 Å². The number of hydrogen-bond acceptors (Lipinski definition) is 6. The molecule has 3 rings (SSSR count). The number of halogens is 1. The van der Waals surface area contributed by atoms with Gasteiger partial charge in [0, 0.05) is 20.2 Å². The Kier molecular flexibility index (Phi) is 8.32. The molecule has 0 N–H and O–H groups in total. The molecule has 7 nitrogen and oxygen atoms in total. The Balaban J connectivity index is 1.73. The number of amides is 1. The van der Waals surface area contributed by atoms with Crippen molar-refractivity contribution in [3.8, 4) is 11.5 Å². The topological polar surface area (TPSA) is 82.1 Å². The first-order valence-corrected chi connectivity index (χ1v) is 11.8. The van der Waals surface area contributed by atoms with Crippen molar-refractivity contribution in [3.63, 3.8) is 0 Å². The Labute approximate surface area is 198 Å². The predicted molar refractivity (Wildman–Crippen MR) is 125 cm³/mol. The molecule has 3 aromatic rings. The van der Waals surface area contributed by atoms with Gasteiger partial charge < -0.3 is 18.6 Å². The summed E-state index contributed by atoms with van der Waals surface area (Å²) in [5.41, 5.74) is 1.20. The van der Waals surface area contributed by atoms with Gasteiger partial charge in [-0.15, -0.1) is 0 Å². The fourth-order valence-corrected chi connectivity index (χ4v) is 4.19. The zero-order valence-electron chi connectivity index (χ0n) is 18.2. The highest BCUT2D eigenvalue weighted by Crippen LogP contribution is 2.23. The SMILES string of the molecule is COCCN(Cc1ccc(OS(=O)(=O)c2ccc(OC)cc2)cc1)C(=O)c1ccccc1Cl. The summed E-state index contributed by atoms with van der Waals surface area (Å²) in [4.78, 5) is 14.6. The molecule has 174 valence electrons. The van der Waals surface area contributed by atoms with Crippen LogP contribution in [0.2, 0.25) is 5.02 Å². The minimum absolute atomic E-state index is 0.0171. The summed E-state index contributed by atoms with van der Waals surface area (Å²) < 4.78 is 40.4. The van der Waals surface area contributed by atoms with E-state index >= 15 is 0 Å². The Bertz CT molecular complexity index is 1180. The van der Waals surface area contributed by atoms with Crippen molar-refractivity contribution in [2.24, 2.45) is 0 Å². The molecule has 0 unspecified atom stereocenters. The van der Waals surface area contributed by atoms with Crippen LogP contribution in [0.15, 0.2) is 77.7 Å². The van der Waals surface area contributed by atoms with E-state index in [0.29, 0.717) is 36.0 Å².